The third-order valence-corrected chi connectivity index (χ3v) is 3.02. The predicted molar refractivity (Wildman–Crippen MR) is 75.5 cm³/mol. The van der Waals surface area contributed by atoms with Gasteiger partial charge < -0.3 is 10.6 Å². The zero-order chi connectivity index (χ0) is 13.0. The Labute approximate surface area is 115 Å². The van der Waals surface area contributed by atoms with Gasteiger partial charge in [0, 0.05) is 21.2 Å². The third-order valence-electron chi connectivity index (χ3n) is 2.13. The molecule has 0 saturated heterocycles. The number of rotatable bonds is 4. The summed E-state index contributed by atoms with van der Waals surface area (Å²) in [6.07, 6.45) is 0. The number of amides is 1. The number of hydrogen-bond acceptors (Lipinski definition) is 2. The molecule has 1 aromatic rings. The van der Waals surface area contributed by atoms with Crippen molar-refractivity contribution in [2.45, 2.75) is 32.9 Å². The van der Waals surface area contributed by atoms with Crippen LogP contribution in [0.4, 0.5) is 5.69 Å². The van der Waals surface area contributed by atoms with Crippen LogP contribution >= 0.6 is 27.5 Å². The minimum Gasteiger partial charge on any atom is -0.373 e. The van der Waals surface area contributed by atoms with E-state index in [4.69, 9.17) is 11.6 Å². The van der Waals surface area contributed by atoms with Crippen LogP contribution in [-0.2, 0) is 4.79 Å². The number of carbonyl (C=O) groups is 1. The lowest BCUT2D eigenvalue weighted by atomic mass is 10.2. The molecule has 0 aliphatic rings. The van der Waals surface area contributed by atoms with Crippen LogP contribution < -0.4 is 10.6 Å². The normalized spacial score (nSPS) is 12.4. The maximum absolute atomic E-state index is 11.7. The molecule has 0 bridgehead atoms. The highest BCUT2D eigenvalue weighted by molar-refractivity contribution is 9.10. The van der Waals surface area contributed by atoms with Crippen LogP contribution in [0.1, 0.15) is 20.8 Å². The number of hydrogen-bond donors (Lipinski definition) is 2. The van der Waals surface area contributed by atoms with Crippen molar-refractivity contribution in [2.75, 3.05) is 5.32 Å². The second kappa shape index (κ2) is 6.26. The summed E-state index contributed by atoms with van der Waals surface area (Å²) in [6, 6.07) is 5.25. The number of benzene rings is 1. The Bertz CT molecular complexity index is 409. The molecule has 1 aromatic carbocycles. The second-order valence-corrected chi connectivity index (χ2v) is 5.44. The summed E-state index contributed by atoms with van der Waals surface area (Å²) in [6.45, 7) is 5.68. The summed E-state index contributed by atoms with van der Waals surface area (Å²) in [5.74, 6) is -0.0261. The standard InChI is InChI=1S/C12H16BrClN2O/c1-7(2)15-12(17)8(3)16-11-5-4-9(14)6-10(11)13/h4-8,16H,1-3H3,(H,15,17). The van der Waals surface area contributed by atoms with E-state index in [0.717, 1.165) is 10.2 Å². The van der Waals surface area contributed by atoms with Crippen LogP contribution in [0.3, 0.4) is 0 Å². The molecule has 0 spiro atoms. The lowest BCUT2D eigenvalue weighted by Gasteiger charge is -2.18. The highest BCUT2D eigenvalue weighted by Gasteiger charge is 2.14. The molecular formula is C12H16BrClN2O. The number of nitrogens with one attached hydrogen (secondary N) is 2. The van der Waals surface area contributed by atoms with Gasteiger partial charge in [0.05, 0.1) is 0 Å². The number of halogens is 2. The highest BCUT2D eigenvalue weighted by atomic mass is 79.9. The largest absolute Gasteiger partial charge is 0.373 e. The molecule has 0 saturated carbocycles. The fraction of sp³-hybridized carbons (Fsp3) is 0.417. The molecule has 1 unspecified atom stereocenters. The van der Waals surface area contributed by atoms with E-state index in [1.165, 1.54) is 0 Å². The summed E-state index contributed by atoms with van der Waals surface area (Å²) >= 11 is 9.24. The van der Waals surface area contributed by atoms with Gasteiger partial charge in [-0.25, -0.2) is 0 Å². The molecule has 1 atom stereocenters. The van der Waals surface area contributed by atoms with Gasteiger partial charge in [0.1, 0.15) is 6.04 Å². The second-order valence-electron chi connectivity index (χ2n) is 4.15. The smallest absolute Gasteiger partial charge is 0.242 e. The van der Waals surface area contributed by atoms with E-state index in [2.05, 4.69) is 26.6 Å². The van der Waals surface area contributed by atoms with Gasteiger partial charge in [-0.05, 0) is 54.9 Å². The van der Waals surface area contributed by atoms with E-state index in [1.54, 1.807) is 12.1 Å². The molecule has 3 nitrogen and oxygen atoms in total. The highest BCUT2D eigenvalue weighted by Crippen LogP contribution is 2.26. The van der Waals surface area contributed by atoms with Gasteiger partial charge in [-0.15, -0.1) is 0 Å². The summed E-state index contributed by atoms with van der Waals surface area (Å²) in [7, 11) is 0. The van der Waals surface area contributed by atoms with E-state index in [-0.39, 0.29) is 18.0 Å². The molecule has 94 valence electrons. The average Bonchev–Trinajstić information content (AvgIpc) is 2.21. The molecular weight excluding hydrogens is 304 g/mol. The minimum atomic E-state index is -0.296. The van der Waals surface area contributed by atoms with Crippen molar-refractivity contribution >= 4 is 39.1 Å². The van der Waals surface area contributed by atoms with Crippen LogP contribution in [0.5, 0.6) is 0 Å². The first kappa shape index (κ1) is 14.3. The first-order chi connectivity index (χ1) is 7.90. The van der Waals surface area contributed by atoms with Crippen LogP contribution in [0.2, 0.25) is 5.02 Å². The van der Waals surface area contributed by atoms with Gasteiger partial charge in [0.2, 0.25) is 5.91 Å². The van der Waals surface area contributed by atoms with E-state index < -0.39 is 0 Å². The molecule has 1 rings (SSSR count). The molecule has 2 N–H and O–H groups in total. The molecule has 0 heterocycles. The monoisotopic (exact) mass is 318 g/mol. The van der Waals surface area contributed by atoms with Crippen molar-refractivity contribution in [1.82, 2.24) is 5.32 Å². The molecule has 1 amide bonds. The van der Waals surface area contributed by atoms with Crippen molar-refractivity contribution in [3.8, 4) is 0 Å². The van der Waals surface area contributed by atoms with Crippen LogP contribution in [0.15, 0.2) is 22.7 Å². The van der Waals surface area contributed by atoms with Gasteiger partial charge in [-0.3, -0.25) is 4.79 Å². The van der Waals surface area contributed by atoms with E-state index in [9.17, 15) is 4.79 Å². The van der Waals surface area contributed by atoms with E-state index >= 15 is 0 Å². The maximum Gasteiger partial charge on any atom is 0.242 e. The SMILES string of the molecule is CC(C)NC(=O)C(C)Nc1ccc(Cl)cc1Br. The van der Waals surface area contributed by atoms with Gasteiger partial charge in [0.25, 0.3) is 0 Å². The van der Waals surface area contributed by atoms with Gasteiger partial charge in [0.15, 0.2) is 0 Å². The Hall–Kier alpha value is -0.740. The topological polar surface area (TPSA) is 41.1 Å². The average molecular weight is 320 g/mol. The maximum atomic E-state index is 11.7. The Morgan fingerprint density at radius 2 is 2.00 bits per heavy atom. The number of anilines is 1. The minimum absolute atomic E-state index is 0.0261. The van der Waals surface area contributed by atoms with Crippen molar-refractivity contribution in [3.05, 3.63) is 27.7 Å². The van der Waals surface area contributed by atoms with Crippen LogP contribution in [-0.4, -0.2) is 18.0 Å². The van der Waals surface area contributed by atoms with Crippen LogP contribution in [0, 0.1) is 0 Å². The lowest BCUT2D eigenvalue weighted by molar-refractivity contribution is -0.122. The van der Waals surface area contributed by atoms with E-state index in [0.29, 0.717) is 5.02 Å². The third kappa shape index (κ3) is 4.56. The first-order valence-corrected chi connectivity index (χ1v) is 6.59. The zero-order valence-corrected chi connectivity index (χ0v) is 12.4. The molecule has 0 aliphatic heterocycles. The van der Waals surface area contributed by atoms with Crippen LogP contribution in [0.25, 0.3) is 0 Å². The summed E-state index contributed by atoms with van der Waals surface area (Å²) in [5, 5.41) is 6.63. The van der Waals surface area contributed by atoms with Crippen molar-refractivity contribution < 1.29 is 4.79 Å². The van der Waals surface area contributed by atoms with E-state index in [1.807, 2.05) is 26.8 Å². The fourth-order valence-corrected chi connectivity index (χ4v) is 2.11. The molecule has 0 fully saturated rings. The quantitative estimate of drug-likeness (QED) is 0.893. The molecule has 17 heavy (non-hydrogen) atoms. The first-order valence-electron chi connectivity index (χ1n) is 5.42. The Kier molecular flexibility index (Phi) is 5.28. The molecule has 0 aromatic heterocycles. The zero-order valence-electron chi connectivity index (χ0n) is 10.1. The summed E-state index contributed by atoms with van der Waals surface area (Å²) in [5.41, 5.74) is 0.848. The lowest BCUT2D eigenvalue weighted by Crippen LogP contribution is -2.41. The Morgan fingerprint density at radius 1 is 1.35 bits per heavy atom. The van der Waals surface area contributed by atoms with Gasteiger partial charge in [-0.2, -0.15) is 0 Å². The Morgan fingerprint density at radius 3 is 2.53 bits per heavy atom. The van der Waals surface area contributed by atoms with Crippen molar-refractivity contribution in [2.24, 2.45) is 0 Å². The molecule has 0 radical (unpaired) electrons. The molecule has 5 heteroatoms. The number of carbonyl (C=O) groups excluding carboxylic acids is 1. The summed E-state index contributed by atoms with van der Waals surface area (Å²) < 4.78 is 0.842. The summed E-state index contributed by atoms with van der Waals surface area (Å²) in [4.78, 5) is 11.7. The predicted octanol–water partition coefficient (Wildman–Crippen LogP) is 3.43. The molecule has 0 aliphatic carbocycles. The Balaban J connectivity index is 2.67. The van der Waals surface area contributed by atoms with Gasteiger partial charge in [-0.1, -0.05) is 11.6 Å². The van der Waals surface area contributed by atoms with Crippen molar-refractivity contribution in [1.29, 1.82) is 0 Å². The fourth-order valence-electron chi connectivity index (χ4n) is 1.31. The van der Waals surface area contributed by atoms with Gasteiger partial charge >= 0.3 is 0 Å². The van der Waals surface area contributed by atoms with Crippen molar-refractivity contribution in [3.63, 3.8) is 0 Å².